The molecule has 0 bridgehead atoms. The van der Waals surface area contributed by atoms with Gasteiger partial charge >= 0.3 is 0 Å². The van der Waals surface area contributed by atoms with E-state index in [1.807, 2.05) is 24.3 Å². The van der Waals surface area contributed by atoms with Crippen LogP contribution in [0.25, 0.3) is 0 Å². The van der Waals surface area contributed by atoms with Crippen LogP contribution >= 0.6 is 0 Å². The summed E-state index contributed by atoms with van der Waals surface area (Å²) in [4.78, 5) is 55.7. The van der Waals surface area contributed by atoms with Crippen LogP contribution in [0.3, 0.4) is 0 Å². The van der Waals surface area contributed by atoms with E-state index in [1.54, 1.807) is 24.8 Å². The highest BCUT2D eigenvalue weighted by Gasteiger charge is 2.08. The van der Waals surface area contributed by atoms with E-state index < -0.39 is 0 Å². The SMILES string of the molecule is O=C(CCC(=O)NCc1cccnc1)NCCCNCCCCCCCCCCNCCCNC(=O)CCC(=O)NCc1cccnc1. The second-order valence-corrected chi connectivity index (χ2v) is 12.0. The highest BCUT2D eigenvalue weighted by atomic mass is 16.2. The van der Waals surface area contributed by atoms with Crippen molar-refractivity contribution in [1.82, 2.24) is 41.9 Å². The Morgan fingerprint density at radius 3 is 1.17 bits per heavy atom. The van der Waals surface area contributed by atoms with Crippen LogP contribution in [0.5, 0.6) is 0 Å². The normalized spacial score (nSPS) is 10.8. The standard InChI is InChI=1S/C36H58N8O4/c45-33(15-17-35(47)43-29-31-13-9-21-39-27-31)41-25-11-23-37-19-7-5-3-1-2-4-6-8-20-38-24-12-26-42-34(46)16-18-36(48)44-30-32-14-10-22-40-28-32/h9-10,13-14,21-22,27-28,37-38H,1-8,11-12,15-20,23-26,29-30H2,(H,41,45)(H,42,46)(H,43,47)(H,44,48). The average Bonchev–Trinajstić information content (AvgIpc) is 3.11. The van der Waals surface area contributed by atoms with Crippen molar-refractivity contribution in [2.75, 3.05) is 39.3 Å². The Hall–Kier alpha value is -3.90. The number of aromatic nitrogens is 2. The first kappa shape index (κ1) is 40.3. The number of nitrogens with one attached hydrogen (secondary N) is 6. The van der Waals surface area contributed by atoms with Crippen LogP contribution in [0, 0.1) is 0 Å². The van der Waals surface area contributed by atoms with Crippen molar-refractivity contribution in [3.8, 4) is 0 Å². The Kier molecular flexibility index (Phi) is 23.6. The second kappa shape index (κ2) is 28.1. The van der Waals surface area contributed by atoms with Crippen LogP contribution in [-0.2, 0) is 32.3 Å². The molecule has 266 valence electrons. The fourth-order valence-corrected chi connectivity index (χ4v) is 4.91. The molecule has 0 aliphatic rings. The molecule has 0 spiro atoms. The number of hydrogen-bond donors (Lipinski definition) is 6. The molecule has 0 aromatic carbocycles. The zero-order valence-corrected chi connectivity index (χ0v) is 28.7. The Morgan fingerprint density at radius 1 is 0.438 bits per heavy atom. The molecule has 48 heavy (non-hydrogen) atoms. The van der Waals surface area contributed by atoms with Gasteiger partial charge in [0.1, 0.15) is 0 Å². The molecule has 2 aromatic heterocycles. The van der Waals surface area contributed by atoms with Gasteiger partial charge in [0.25, 0.3) is 0 Å². The van der Waals surface area contributed by atoms with Gasteiger partial charge in [-0.15, -0.1) is 0 Å². The minimum absolute atomic E-state index is 0.0880. The van der Waals surface area contributed by atoms with Crippen LogP contribution < -0.4 is 31.9 Å². The van der Waals surface area contributed by atoms with E-state index in [9.17, 15) is 19.2 Å². The van der Waals surface area contributed by atoms with Gasteiger partial charge in [0.2, 0.25) is 23.6 Å². The van der Waals surface area contributed by atoms with Gasteiger partial charge in [-0.3, -0.25) is 29.1 Å². The van der Waals surface area contributed by atoms with Gasteiger partial charge in [0.15, 0.2) is 0 Å². The van der Waals surface area contributed by atoms with Crippen molar-refractivity contribution in [1.29, 1.82) is 0 Å². The summed E-state index contributed by atoms with van der Waals surface area (Å²) < 4.78 is 0. The summed E-state index contributed by atoms with van der Waals surface area (Å²) in [5, 5.41) is 18.3. The van der Waals surface area contributed by atoms with E-state index in [0.717, 1.165) is 50.1 Å². The van der Waals surface area contributed by atoms with E-state index in [2.05, 4.69) is 41.9 Å². The predicted octanol–water partition coefficient (Wildman–Crippen LogP) is 3.28. The highest BCUT2D eigenvalue weighted by Crippen LogP contribution is 2.08. The highest BCUT2D eigenvalue weighted by molar-refractivity contribution is 5.84. The lowest BCUT2D eigenvalue weighted by molar-refractivity contribution is -0.126. The van der Waals surface area contributed by atoms with Crippen LogP contribution in [-0.4, -0.2) is 72.9 Å². The summed E-state index contributed by atoms with van der Waals surface area (Å²) in [6.45, 7) is 5.85. The van der Waals surface area contributed by atoms with Gasteiger partial charge in [0.05, 0.1) is 0 Å². The number of unbranched alkanes of at least 4 members (excludes halogenated alkanes) is 7. The molecule has 0 fully saturated rings. The molecule has 0 radical (unpaired) electrons. The quantitative estimate of drug-likeness (QED) is 0.0720. The minimum atomic E-state index is -0.133. The van der Waals surface area contributed by atoms with Crippen molar-refractivity contribution in [3.63, 3.8) is 0 Å². The lowest BCUT2D eigenvalue weighted by Crippen LogP contribution is -2.29. The zero-order chi connectivity index (χ0) is 34.3. The van der Waals surface area contributed by atoms with E-state index in [4.69, 9.17) is 0 Å². The molecule has 0 aliphatic heterocycles. The number of pyridine rings is 2. The van der Waals surface area contributed by atoms with Crippen molar-refractivity contribution < 1.29 is 19.2 Å². The first-order valence-corrected chi connectivity index (χ1v) is 17.8. The van der Waals surface area contributed by atoms with E-state index in [-0.39, 0.29) is 49.3 Å². The molecule has 12 heteroatoms. The lowest BCUT2D eigenvalue weighted by atomic mass is 10.1. The number of hydrogen-bond acceptors (Lipinski definition) is 8. The summed E-state index contributed by atoms with van der Waals surface area (Å²) in [7, 11) is 0. The van der Waals surface area contributed by atoms with E-state index in [1.165, 1.54) is 51.4 Å². The molecule has 2 aromatic rings. The smallest absolute Gasteiger partial charge is 0.220 e. The molecule has 0 saturated carbocycles. The minimum Gasteiger partial charge on any atom is -0.356 e. The Balaban J connectivity index is 1.23. The number of rotatable bonds is 29. The Labute approximate surface area is 286 Å². The van der Waals surface area contributed by atoms with E-state index >= 15 is 0 Å². The second-order valence-electron chi connectivity index (χ2n) is 12.0. The van der Waals surface area contributed by atoms with Crippen molar-refractivity contribution in [2.24, 2.45) is 0 Å². The zero-order valence-electron chi connectivity index (χ0n) is 28.7. The van der Waals surface area contributed by atoms with E-state index in [0.29, 0.717) is 26.2 Å². The average molecular weight is 667 g/mol. The number of carbonyl (C=O) groups excluding carboxylic acids is 4. The monoisotopic (exact) mass is 666 g/mol. The third-order valence-electron chi connectivity index (χ3n) is 7.75. The van der Waals surface area contributed by atoms with Crippen LogP contribution in [0.2, 0.25) is 0 Å². The summed E-state index contributed by atoms with van der Waals surface area (Å²) in [5.74, 6) is -0.442. The summed E-state index contributed by atoms with van der Waals surface area (Å²) in [6, 6.07) is 7.45. The van der Waals surface area contributed by atoms with Gasteiger partial charge in [-0.1, -0.05) is 50.7 Å². The molecule has 0 atom stereocenters. The molecule has 4 amide bonds. The maximum atomic E-state index is 11.9. The van der Waals surface area contributed by atoms with Crippen LogP contribution in [0.1, 0.15) is 101 Å². The predicted molar refractivity (Wildman–Crippen MR) is 189 cm³/mol. The maximum Gasteiger partial charge on any atom is 0.220 e. The van der Waals surface area contributed by atoms with Crippen LogP contribution in [0.15, 0.2) is 49.1 Å². The first-order valence-electron chi connectivity index (χ1n) is 17.8. The molecule has 0 saturated heterocycles. The van der Waals surface area contributed by atoms with Gasteiger partial charge in [0, 0.05) is 76.6 Å². The summed E-state index contributed by atoms with van der Waals surface area (Å²) in [6.07, 6.45) is 19.3. The molecule has 2 rings (SSSR count). The van der Waals surface area contributed by atoms with Crippen molar-refractivity contribution in [2.45, 2.75) is 103 Å². The molecule has 6 N–H and O–H groups in total. The molecule has 0 unspecified atom stereocenters. The number of carbonyl (C=O) groups is 4. The molecule has 2 heterocycles. The molecular weight excluding hydrogens is 608 g/mol. The summed E-state index contributed by atoms with van der Waals surface area (Å²) in [5.41, 5.74) is 1.87. The topological polar surface area (TPSA) is 166 Å². The lowest BCUT2D eigenvalue weighted by Gasteiger charge is -2.08. The van der Waals surface area contributed by atoms with Gasteiger partial charge in [-0.05, 0) is 75.1 Å². The largest absolute Gasteiger partial charge is 0.356 e. The number of amides is 4. The Morgan fingerprint density at radius 2 is 0.792 bits per heavy atom. The van der Waals surface area contributed by atoms with Gasteiger partial charge in [-0.25, -0.2) is 0 Å². The van der Waals surface area contributed by atoms with Crippen LogP contribution in [0.4, 0.5) is 0 Å². The van der Waals surface area contributed by atoms with Gasteiger partial charge in [-0.2, -0.15) is 0 Å². The number of nitrogens with zero attached hydrogens (tertiary/aromatic N) is 2. The molecule has 0 aliphatic carbocycles. The third kappa shape index (κ3) is 23.4. The maximum absolute atomic E-state index is 11.9. The first-order chi connectivity index (χ1) is 23.5. The van der Waals surface area contributed by atoms with Crippen molar-refractivity contribution in [3.05, 3.63) is 60.2 Å². The molecular formula is C36H58N8O4. The summed E-state index contributed by atoms with van der Waals surface area (Å²) >= 11 is 0. The fraction of sp³-hybridized carbons (Fsp3) is 0.611. The fourth-order valence-electron chi connectivity index (χ4n) is 4.91. The molecule has 12 nitrogen and oxygen atoms in total. The third-order valence-corrected chi connectivity index (χ3v) is 7.75. The Bertz CT molecular complexity index is 1050. The van der Waals surface area contributed by atoms with Gasteiger partial charge < -0.3 is 31.9 Å². The van der Waals surface area contributed by atoms with Crippen molar-refractivity contribution >= 4 is 23.6 Å².